The highest BCUT2D eigenvalue weighted by Crippen LogP contribution is 2.30. The molecule has 1 rings (SSSR count). The van der Waals surface area contributed by atoms with Crippen LogP contribution in [0.5, 0.6) is 5.75 Å². The molecule has 124 valence electrons. The lowest BCUT2D eigenvalue weighted by molar-refractivity contribution is -0.129. The van der Waals surface area contributed by atoms with E-state index in [4.69, 9.17) is 4.74 Å². The number of nitrogens with zero attached hydrogens (tertiary/aromatic N) is 2. The number of ether oxygens (including phenoxy) is 1. The van der Waals surface area contributed by atoms with Crippen molar-refractivity contribution in [2.24, 2.45) is 0 Å². The first-order valence-corrected chi connectivity index (χ1v) is 8.99. The Balaban J connectivity index is 3.26. The number of aryl methyl sites for hydroxylation is 1. The fraction of sp³-hybridized carbons (Fsp3) is 0.533. The molecule has 7 heteroatoms. The van der Waals surface area contributed by atoms with Crippen LogP contribution in [0.15, 0.2) is 18.2 Å². The number of benzene rings is 1. The Hall–Kier alpha value is -1.76. The summed E-state index contributed by atoms with van der Waals surface area (Å²) in [5, 5.41) is 0. The fourth-order valence-electron chi connectivity index (χ4n) is 2.18. The zero-order chi connectivity index (χ0) is 16.9. The van der Waals surface area contributed by atoms with Crippen molar-refractivity contribution in [3.05, 3.63) is 23.8 Å². The number of sulfonamides is 1. The maximum absolute atomic E-state index is 12.3. The summed E-state index contributed by atoms with van der Waals surface area (Å²) < 4.78 is 30.6. The molecule has 0 aliphatic heterocycles. The van der Waals surface area contributed by atoms with Crippen LogP contribution in [0.3, 0.4) is 0 Å². The monoisotopic (exact) mass is 328 g/mol. The third kappa shape index (κ3) is 4.37. The van der Waals surface area contributed by atoms with E-state index in [2.05, 4.69) is 0 Å². The van der Waals surface area contributed by atoms with Crippen LogP contribution in [-0.4, -0.2) is 52.2 Å². The number of likely N-dealkylation sites (N-methyl/N-ethyl adjacent to an activating group) is 1. The number of hydrogen-bond acceptors (Lipinski definition) is 4. The summed E-state index contributed by atoms with van der Waals surface area (Å²) in [6.45, 7) is 6.42. The molecule has 0 spiro atoms. The number of carbonyl (C=O) groups excluding carboxylic acids is 1. The van der Waals surface area contributed by atoms with Crippen molar-refractivity contribution in [1.82, 2.24) is 4.90 Å². The Bertz CT molecular complexity index is 624. The number of anilines is 1. The van der Waals surface area contributed by atoms with Gasteiger partial charge in [-0.15, -0.1) is 0 Å². The summed E-state index contributed by atoms with van der Waals surface area (Å²) in [7, 11) is -2.13. The minimum atomic E-state index is -3.61. The Morgan fingerprint density at radius 1 is 1.23 bits per heavy atom. The van der Waals surface area contributed by atoms with Gasteiger partial charge in [-0.2, -0.15) is 0 Å². The lowest BCUT2D eigenvalue weighted by atomic mass is 10.2. The van der Waals surface area contributed by atoms with Crippen molar-refractivity contribution in [2.75, 3.05) is 37.3 Å². The Morgan fingerprint density at radius 3 is 2.27 bits per heavy atom. The smallest absolute Gasteiger partial charge is 0.243 e. The van der Waals surface area contributed by atoms with Gasteiger partial charge < -0.3 is 9.64 Å². The van der Waals surface area contributed by atoms with Crippen LogP contribution in [0, 0.1) is 6.92 Å². The highest BCUT2D eigenvalue weighted by molar-refractivity contribution is 7.92. The highest BCUT2D eigenvalue weighted by atomic mass is 32.2. The van der Waals surface area contributed by atoms with Crippen LogP contribution in [0.1, 0.15) is 19.4 Å². The molecule has 0 saturated carbocycles. The van der Waals surface area contributed by atoms with Gasteiger partial charge in [0, 0.05) is 13.1 Å². The molecule has 0 fully saturated rings. The zero-order valence-corrected chi connectivity index (χ0v) is 14.6. The second-order valence-corrected chi connectivity index (χ2v) is 6.92. The maximum Gasteiger partial charge on any atom is 0.243 e. The molecule has 0 atom stereocenters. The molecule has 0 aliphatic carbocycles. The largest absolute Gasteiger partial charge is 0.495 e. The Morgan fingerprint density at radius 2 is 1.82 bits per heavy atom. The maximum atomic E-state index is 12.3. The van der Waals surface area contributed by atoms with E-state index in [9.17, 15) is 13.2 Å². The van der Waals surface area contributed by atoms with Crippen molar-refractivity contribution in [2.45, 2.75) is 20.8 Å². The second-order valence-electron chi connectivity index (χ2n) is 5.01. The number of methoxy groups -OCH3 is 1. The summed E-state index contributed by atoms with van der Waals surface area (Å²) in [6.07, 6.45) is 1.09. The van der Waals surface area contributed by atoms with Crippen molar-refractivity contribution >= 4 is 21.6 Å². The zero-order valence-electron chi connectivity index (χ0n) is 13.8. The summed E-state index contributed by atoms with van der Waals surface area (Å²) in [5.41, 5.74) is 1.27. The number of carbonyl (C=O) groups is 1. The Labute approximate surface area is 132 Å². The van der Waals surface area contributed by atoms with Crippen molar-refractivity contribution in [3.8, 4) is 5.75 Å². The molecule has 6 nitrogen and oxygen atoms in total. The molecule has 0 bridgehead atoms. The summed E-state index contributed by atoms with van der Waals surface area (Å²) in [4.78, 5) is 13.9. The molecule has 0 saturated heterocycles. The fourth-order valence-corrected chi connectivity index (χ4v) is 3.02. The quantitative estimate of drug-likeness (QED) is 0.763. The molecule has 0 radical (unpaired) electrons. The minimum Gasteiger partial charge on any atom is -0.495 e. The van der Waals surface area contributed by atoms with E-state index < -0.39 is 10.0 Å². The lowest BCUT2D eigenvalue weighted by Gasteiger charge is -2.27. The molecule has 1 aromatic carbocycles. The molecule has 1 amide bonds. The van der Waals surface area contributed by atoms with Gasteiger partial charge in [0.2, 0.25) is 15.9 Å². The average Bonchev–Trinajstić information content (AvgIpc) is 2.44. The predicted octanol–water partition coefficient (Wildman–Crippen LogP) is 1.64. The minimum absolute atomic E-state index is 0.236. The number of amides is 1. The van der Waals surface area contributed by atoms with Gasteiger partial charge in [-0.05, 0) is 38.5 Å². The molecular weight excluding hydrogens is 304 g/mol. The second kappa shape index (κ2) is 7.49. The SMILES string of the molecule is CCN(CC)C(=O)CN(c1cc(C)ccc1OC)S(C)(=O)=O. The molecule has 22 heavy (non-hydrogen) atoms. The van der Waals surface area contributed by atoms with E-state index in [0.29, 0.717) is 24.5 Å². The van der Waals surface area contributed by atoms with Gasteiger partial charge in [0.25, 0.3) is 0 Å². The Kier molecular flexibility index (Phi) is 6.22. The number of rotatable bonds is 7. The van der Waals surface area contributed by atoms with Gasteiger partial charge in [0.1, 0.15) is 12.3 Å². The van der Waals surface area contributed by atoms with Crippen molar-refractivity contribution in [3.63, 3.8) is 0 Å². The molecule has 0 unspecified atom stereocenters. The normalized spacial score (nSPS) is 11.1. The lowest BCUT2D eigenvalue weighted by Crippen LogP contribution is -2.42. The molecule has 0 aromatic heterocycles. The summed E-state index contributed by atoms with van der Waals surface area (Å²) in [5.74, 6) is 0.183. The van der Waals surface area contributed by atoms with E-state index in [1.165, 1.54) is 7.11 Å². The van der Waals surface area contributed by atoms with E-state index in [-0.39, 0.29) is 12.5 Å². The van der Waals surface area contributed by atoms with E-state index in [0.717, 1.165) is 16.1 Å². The third-order valence-corrected chi connectivity index (χ3v) is 4.52. The van der Waals surface area contributed by atoms with Crippen LogP contribution in [0.2, 0.25) is 0 Å². The van der Waals surface area contributed by atoms with Gasteiger partial charge >= 0.3 is 0 Å². The van der Waals surface area contributed by atoms with E-state index in [1.54, 1.807) is 17.0 Å². The van der Waals surface area contributed by atoms with Crippen LogP contribution in [-0.2, 0) is 14.8 Å². The first-order chi connectivity index (χ1) is 10.2. The van der Waals surface area contributed by atoms with Crippen molar-refractivity contribution < 1.29 is 17.9 Å². The van der Waals surface area contributed by atoms with Crippen LogP contribution < -0.4 is 9.04 Å². The summed E-state index contributed by atoms with van der Waals surface area (Å²) >= 11 is 0. The van der Waals surface area contributed by atoms with E-state index in [1.807, 2.05) is 26.8 Å². The average molecular weight is 328 g/mol. The topological polar surface area (TPSA) is 66.9 Å². The van der Waals surface area contributed by atoms with Crippen molar-refractivity contribution in [1.29, 1.82) is 0 Å². The molecule has 1 aromatic rings. The van der Waals surface area contributed by atoms with Gasteiger partial charge in [0.15, 0.2) is 0 Å². The summed E-state index contributed by atoms with van der Waals surface area (Å²) in [6, 6.07) is 5.23. The molecule has 0 aliphatic rings. The van der Waals surface area contributed by atoms with Crippen LogP contribution in [0.4, 0.5) is 5.69 Å². The predicted molar refractivity (Wildman–Crippen MR) is 87.8 cm³/mol. The first-order valence-electron chi connectivity index (χ1n) is 7.14. The standard InChI is InChI=1S/C15H24N2O4S/c1-6-16(7-2)15(18)11-17(22(5,19)20)13-10-12(3)8-9-14(13)21-4/h8-10H,6-7,11H2,1-5H3. The third-order valence-electron chi connectivity index (χ3n) is 3.40. The van der Waals surface area contributed by atoms with Gasteiger partial charge in [0.05, 0.1) is 19.1 Å². The number of hydrogen-bond donors (Lipinski definition) is 0. The van der Waals surface area contributed by atoms with E-state index >= 15 is 0 Å². The molecule has 0 N–H and O–H groups in total. The first kappa shape index (κ1) is 18.3. The van der Waals surface area contributed by atoms with Gasteiger partial charge in [-0.25, -0.2) is 8.42 Å². The van der Waals surface area contributed by atoms with Gasteiger partial charge in [-0.1, -0.05) is 6.07 Å². The van der Waals surface area contributed by atoms with Crippen LogP contribution >= 0.6 is 0 Å². The molecular formula is C15H24N2O4S. The van der Waals surface area contributed by atoms with Gasteiger partial charge in [-0.3, -0.25) is 9.10 Å². The molecule has 0 heterocycles. The van der Waals surface area contributed by atoms with Crippen LogP contribution in [0.25, 0.3) is 0 Å². The highest BCUT2D eigenvalue weighted by Gasteiger charge is 2.25.